The fourth-order valence-corrected chi connectivity index (χ4v) is 0.809. The molecule has 0 saturated heterocycles. The molecular weight excluding hydrogens is 170 g/mol. The van der Waals surface area contributed by atoms with E-state index in [-0.39, 0.29) is 12.4 Å². The molecule has 0 heterocycles. The van der Waals surface area contributed by atoms with Crippen molar-refractivity contribution in [2.24, 2.45) is 0 Å². The van der Waals surface area contributed by atoms with E-state index >= 15 is 0 Å². The van der Waals surface area contributed by atoms with Crippen molar-refractivity contribution in [3.05, 3.63) is 42.5 Å². The summed E-state index contributed by atoms with van der Waals surface area (Å²) in [7, 11) is 0. The van der Waals surface area contributed by atoms with Crippen LogP contribution < -0.4 is 5.32 Å². The Morgan fingerprint density at radius 1 is 1.33 bits per heavy atom. The Kier molecular flexibility index (Phi) is 5.22. The van der Waals surface area contributed by atoms with E-state index in [2.05, 4.69) is 11.9 Å². The molecule has 0 aliphatic rings. The fraction of sp³-hybridized carbons (Fsp3) is 0.200. The van der Waals surface area contributed by atoms with E-state index in [1.165, 1.54) is 0 Å². The largest absolute Gasteiger partial charge is 0.381 e. The molecule has 12 heavy (non-hydrogen) atoms. The summed E-state index contributed by atoms with van der Waals surface area (Å²) in [5, 5.41) is 3.24. The zero-order valence-electron chi connectivity index (χ0n) is 7.21. The number of benzene rings is 1. The van der Waals surface area contributed by atoms with E-state index in [0.717, 1.165) is 17.8 Å². The minimum Gasteiger partial charge on any atom is -0.381 e. The van der Waals surface area contributed by atoms with Crippen molar-refractivity contribution < 1.29 is 0 Å². The van der Waals surface area contributed by atoms with Gasteiger partial charge in [-0.15, -0.1) is 12.4 Å². The van der Waals surface area contributed by atoms with E-state index in [0.29, 0.717) is 0 Å². The highest BCUT2D eigenvalue weighted by molar-refractivity contribution is 5.85. The molecule has 0 amide bonds. The molecule has 0 aromatic heterocycles. The molecule has 0 fully saturated rings. The van der Waals surface area contributed by atoms with Crippen LogP contribution >= 0.6 is 12.4 Å². The molecule has 1 rings (SSSR count). The van der Waals surface area contributed by atoms with Gasteiger partial charge in [-0.25, -0.2) is 0 Å². The van der Waals surface area contributed by atoms with Crippen LogP contribution in [-0.4, -0.2) is 6.54 Å². The van der Waals surface area contributed by atoms with Crippen LogP contribution in [0.25, 0.3) is 0 Å². The zero-order valence-corrected chi connectivity index (χ0v) is 8.03. The summed E-state index contributed by atoms with van der Waals surface area (Å²) >= 11 is 0. The van der Waals surface area contributed by atoms with Crippen molar-refractivity contribution in [3.8, 4) is 0 Å². The topological polar surface area (TPSA) is 12.0 Å². The highest BCUT2D eigenvalue weighted by Crippen LogP contribution is 2.04. The molecule has 0 radical (unpaired) electrons. The van der Waals surface area contributed by atoms with Crippen molar-refractivity contribution in [2.75, 3.05) is 11.9 Å². The van der Waals surface area contributed by atoms with E-state index in [9.17, 15) is 0 Å². The Labute approximate surface area is 79.9 Å². The minimum absolute atomic E-state index is 0. The van der Waals surface area contributed by atoms with Gasteiger partial charge >= 0.3 is 0 Å². The Morgan fingerprint density at radius 3 is 2.42 bits per heavy atom. The SMILES string of the molecule is C=C(C)CNc1ccccc1.Cl. The molecule has 1 aromatic rings. The van der Waals surface area contributed by atoms with Crippen molar-refractivity contribution in [2.45, 2.75) is 6.92 Å². The van der Waals surface area contributed by atoms with Crippen molar-refractivity contribution in [1.82, 2.24) is 0 Å². The summed E-state index contributed by atoms with van der Waals surface area (Å²) in [6, 6.07) is 10.1. The van der Waals surface area contributed by atoms with E-state index in [1.54, 1.807) is 0 Å². The highest BCUT2D eigenvalue weighted by Gasteiger charge is 1.87. The molecule has 0 unspecified atom stereocenters. The second-order valence-corrected chi connectivity index (χ2v) is 2.68. The molecule has 1 nitrogen and oxygen atoms in total. The maximum Gasteiger partial charge on any atom is 0.0354 e. The summed E-state index contributed by atoms with van der Waals surface area (Å²) in [5.74, 6) is 0. The van der Waals surface area contributed by atoms with Gasteiger partial charge in [0.2, 0.25) is 0 Å². The Morgan fingerprint density at radius 2 is 1.92 bits per heavy atom. The van der Waals surface area contributed by atoms with Crippen molar-refractivity contribution >= 4 is 18.1 Å². The molecular formula is C10H14ClN. The van der Waals surface area contributed by atoms with Crippen LogP contribution in [0.3, 0.4) is 0 Å². The Hall–Kier alpha value is -0.950. The van der Waals surface area contributed by atoms with Crippen LogP contribution in [0.5, 0.6) is 0 Å². The van der Waals surface area contributed by atoms with Gasteiger partial charge in [0.15, 0.2) is 0 Å². The third-order valence-corrected chi connectivity index (χ3v) is 1.37. The van der Waals surface area contributed by atoms with E-state index < -0.39 is 0 Å². The van der Waals surface area contributed by atoms with Crippen LogP contribution in [0.15, 0.2) is 42.5 Å². The molecule has 2 heteroatoms. The molecule has 1 aromatic carbocycles. The maximum absolute atomic E-state index is 3.81. The first-order valence-electron chi connectivity index (χ1n) is 3.72. The second-order valence-electron chi connectivity index (χ2n) is 2.68. The number of halogens is 1. The molecule has 0 spiro atoms. The summed E-state index contributed by atoms with van der Waals surface area (Å²) in [6.45, 7) is 6.67. The molecule has 0 aliphatic heterocycles. The zero-order chi connectivity index (χ0) is 8.10. The quantitative estimate of drug-likeness (QED) is 0.711. The summed E-state index contributed by atoms with van der Waals surface area (Å²) in [6.07, 6.45) is 0. The van der Waals surface area contributed by atoms with Gasteiger partial charge in [0.25, 0.3) is 0 Å². The normalized spacial score (nSPS) is 8.42. The van der Waals surface area contributed by atoms with Crippen LogP contribution in [0, 0.1) is 0 Å². The van der Waals surface area contributed by atoms with E-state index in [1.807, 2.05) is 37.3 Å². The molecule has 0 atom stereocenters. The summed E-state index contributed by atoms with van der Waals surface area (Å²) < 4.78 is 0. The van der Waals surface area contributed by atoms with Gasteiger partial charge in [-0.05, 0) is 19.1 Å². The van der Waals surface area contributed by atoms with Gasteiger partial charge in [-0.1, -0.05) is 30.4 Å². The van der Waals surface area contributed by atoms with Gasteiger partial charge in [0.05, 0.1) is 0 Å². The Bertz CT molecular complexity index is 231. The first-order valence-corrected chi connectivity index (χ1v) is 3.72. The lowest BCUT2D eigenvalue weighted by Gasteiger charge is -2.03. The van der Waals surface area contributed by atoms with Gasteiger partial charge in [-0.3, -0.25) is 0 Å². The average molecular weight is 184 g/mol. The molecule has 0 bridgehead atoms. The van der Waals surface area contributed by atoms with Crippen LogP contribution in [0.2, 0.25) is 0 Å². The first-order chi connectivity index (χ1) is 5.29. The van der Waals surface area contributed by atoms with Gasteiger partial charge < -0.3 is 5.32 Å². The lowest BCUT2D eigenvalue weighted by atomic mass is 10.3. The lowest BCUT2D eigenvalue weighted by molar-refractivity contribution is 1.22. The number of hydrogen-bond acceptors (Lipinski definition) is 1. The predicted molar refractivity (Wildman–Crippen MR) is 57.0 cm³/mol. The number of anilines is 1. The fourth-order valence-electron chi connectivity index (χ4n) is 0.809. The van der Waals surface area contributed by atoms with Crippen molar-refractivity contribution in [3.63, 3.8) is 0 Å². The number of para-hydroxylation sites is 1. The van der Waals surface area contributed by atoms with E-state index in [4.69, 9.17) is 0 Å². The van der Waals surface area contributed by atoms with Gasteiger partial charge in [-0.2, -0.15) is 0 Å². The third kappa shape index (κ3) is 4.04. The highest BCUT2D eigenvalue weighted by atomic mass is 35.5. The smallest absolute Gasteiger partial charge is 0.0354 e. The minimum atomic E-state index is 0. The number of rotatable bonds is 3. The molecule has 1 N–H and O–H groups in total. The maximum atomic E-state index is 3.81. The second kappa shape index (κ2) is 5.67. The van der Waals surface area contributed by atoms with Crippen LogP contribution in [0.1, 0.15) is 6.92 Å². The number of hydrogen-bond donors (Lipinski definition) is 1. The first kappa shape index (κ1) is 11.1. The standard InChI is InChI=1S/C10H13N.ClH/c1-9(2)8-11-10-6-4-3-5-7-10;/h3-7,11H,1,8H2,2H3;1H. The van der Waals surface area contributed by atoms with Crippen LogP contribution in [0.4, 0.5) is 5.69 Å². The van der Waals surface area contributed by atoms with Gasteiger partial charge in [0, 0.05) is 12.2 Å². The van der Waals surface area contributed by atoms with Crippen LogP contribution in [-0.2, 0) is 0 Å². The molecule has 0 saturated carbocycles. The van der Waals surface area contributed by atoms with Gasteiger partial charge in [0.1, 0.15) is 0 Å². The predicted octanol–water partition coefficient (Wildman–Crippen LogP) is 3.10. The molecule has 66 valence electrons. The van der Waals surface area contributed by atoms with Crippen molar-refractivity contribution in [1.29, 1.82) is 0 Å². The number of nitrogens with one attached hydrogen (secondary N) is 1. The Balaban J connectivity index is 0.00000121. The summed E-state index contributed by atoms with van der Waals surface area (Å²) in [4.78, 5) is 0. The monoisotopic (exact) mass is 183 g/mol. The third-order valence-electron chi connectivity index (χ3n) is 1.37. The summed E-state index contributed by atoms with van der Waals surface area (Å²) in [5.41, 5.74) is 2.30. The lowest BCUT2D eigenvalue weighted by Crippen LogP contribution is -2.00. The average Bonchev–Trinajstić information content (AvgIpc) is 2.03. The molecule has 0 aliphatic carbocycles.